The smallest absolute Gasteiger partial charge is 0.467 e. The Kier molecular flexibility index (Phi) is 7.05. The molecule has 1 amide bonds. The van der Waals surface area contributed by atoms with Crippen LogP contribution in [-0.2, 0) is 25.2 Å². The van der Waals surface area contributed by atoms with E-state index in [9.17, 15) is 24.4 Å². The molecule has 1 aliphatic rings. The molecular formula is C18H23N6O10P. The van der Waals surface area contributed by atoms with E-state index in [4.69, 9.17) is 18.9 Å². The van der Waals surface area contributed by atoms with E-state index < -0.39 is 56.5 Å². The Morgan fingerprint density at radius 3 is 2.83 bits per heavy atom. The lowest BCUT2D eigenvalue weighted by Gasteiger charge is -2.17. The second-order valence-corrected chi connectivity index (χ2v) is 8.97. The first-order valence-corrected chi connectivity index (χ1v) is 11.8. The number of H-pyrrole nitrogens is 1. The first-order chi connectivity index (χ1) is 16.5. The summed E-state index contributed by atoms with van der Waals surface area (Å²) in [7, 11) is -4.83. The van der Waals surface area contributed by atoms with Gasteiger partial charge in [0, 0.05) is 0 Å². The van der Waals surface area contributed by atoms with Crippen molar-refractivity contribution >= 4 is 30.8 Å². The van der Waals surface area contributed by atoms with E-state index in [0.29, 0.717) is 5.76 Å². The van der Waals surface area contributed by atoms with Gasteiger partial charge < -0.3 is 39.8 Å². The van der Waals surface area contributed by atoms with Crippen molar-refractivity contribution in [1.29, 1.82) is 0 Å². The molecule has 0 saturated carbocycles. The summed E-state index contributed by atoms with van der Waals surface area (Å²) in [5.41, 5.74) is -0.785. The lowest BCUT2D eigenvalue weighted by Crippen LogP contribution is -2.38. The summed E-state index contributed by atoms with van der Waals surface area (Å²) in [6, 6.07) is 2.57. The molecule has 1 aliphatic heterocycles. The predicted molar refractivity (Wildman–Crippen MR) is 116 cm³/mol. The van der Waals surface area contributed by atoms with E-state index in [1.54, 1.807) is 19.1 Å². The summed E-state index contributed by atoms with van der Waals surface area (Å²) in [6.45, 7) is 1.02. The number of nitrogens with zero attached hydrogens (tertiary/aromatic N) is 3. The lowest BCUT2D eigenvalue weighted by atomic mass is 10.1. The van der Waals surface area contributed by atoms with E-state index in [-0.39, 0.29) is 23.7 Å². The number of nitrogens with one attached hydrogen (secondary N) is 3. The third kappa shape index (κ3) is 5.59. The highest BCUT2D eigenvalue weighted by Crippen LogP contribution is 2.38. The number of furan rings is 1. The van der Waals surface area contributed by atoms with Gasteiger partial charge >= 0.3 is 7.82 Å². The van der Waals surface area contributed by atoms with Gasteiger partial charge in [0.05, 0.1) is 25.7 Å². The molecule has 0 bridgehead atoms. The fraction of sp³-hybridized carbons (Fsp3) is 0.444. The van der Waals surface area contributed by atoms with Crippen molar-refractivity contribution in [2.24, 2.45) is 0 Å². The summed E-state index contributed by atoms with van der Waals surface area (Å²) in [4.78, 5) is 53.3. The molecule has 4 heterocycles. The number of phosphoric acid groups is 1. The number of imidazole rings is 1. The van der Waals surface area contributed by atoms with Crippen LogP contribution in [-0.4, -0.2) is 76.4 Å². The van der Waals surface area contributed by atoms with E-state index in [1.165, 1.54) is 10.8 Å². The summed E-state index contributed by atoms with van der Waals surface area (Å²) in [5.74, 6) is 0.0896. The van der Waals surface area contributed by atoms with Gasteiger partial charge in [0.2, 0.25) is 11.9 Å². The van der Waals surface area contributed by atoms with Gasteiger partial charge in [0.25, 0.3) is 5.56 Å². The monoisotopic (exact) mass is 514 g/mol. The maximum absolute atomic E-state index is 12.5. The first kappa shape index (κ1) is 25.0. The molecule has 0 spiro atoms. The Labute approximate surface area is 196 Å². The molecule has 5 atom stereocenters. The zero-order valence-electron chi connectivity index (χ0n) is 18.1. The number of hydrogen-bond donors (Lipinski definition) is 7. The third-order valence-electron chi connectivity index (χ3n) is 5.21. The van der Waals surface area contributed by atoms with Gasteiger partial charge in [-0.05, 0) is 19.1 Å². The normalized spacial score (nSPS) is 23.5. The molecule has 17 heteroatoms. The zero-order chi connectivity index (χ0) is 25.3. The van der Waals surface area contributed by atoms with Crippen LogP contribution in [0.5, 0.6) is 0 Å². The average Bonchev–Trinajstić information content (AvgIpc) is 3.51. The molecule has 1 saturated heterocycles. The first-order valence-electron chi connectivity index (χ1n) is 10.3. The minimum absolute atomic E-state index is 0.0350. The van der Waals surface area contributed by atoms with Crippen LogP contribution in [0, 0.1) is 0 Å². The van der Waals surface area contributed by atoms with Crippen LogP contribution in [0.2, 0.25) is 0 Å². The molecular weight excluding hydrogens is 491 g/mol. The molecule has 0 unspecified atom stereocenters. The summed E-state index contributed by atoms with van der Waals surface area (Å²) in [5, 5.41) is 26.1. The number of aliphatic hydroxyl groups excluding tert-OH is 2. The fourth-order valence-corrected chi connectivity index (χ4v) is 3.80. The molecule has 3 aromatic heterocycles. The maximum Gasteiger partial charge on any atom is 0.469 e. The summed E-state index contributed by atoms with van der Waals surface area (Å²) >= 11 is 0. The van der Waals surface area contributed by atoms with Crippen LogP contribution in [0.1, 0.15) is 18.9 Å². The van der Waals surface area contributed by atoms with Crippen LogP contribution >= 0.6 is 7.82 Å². The van der Waals surface area contributed by atoms with Crippen LogP contribution in [0.3, 0.4) is 0 Å². The number of anilines is 1. The Morgan fingerprint density at radius 2 is 2.14 bits per heavy atom. The minimum atomic E-state index is -4.83. The van der Waals surface area contributed by atoms with E-state index in [0.717, 1.165) is 6.33 Å². The Hall–Kier alpha value is -3.11. The second-order valence-electron chi connectivity index (χ2n) is 7.73. The molecule has 0 radical (unpaired) electrons. The van der Waals surface area contributed by atoms with Gasteiger partial charge in [0.1, 0.15) is 30.1 Å². The molecule has 3 aromatic rings. The zero-order valence-corrected chi connectivity index (χ0v) is 19.0. The van der Waals surface area contributed by atoms with Gasteiger partial charge in [0.15, 0.2) is 17.4 Å². The van der Waals surface area contributed by atoms with Crippen LogP contribution < -0.4 is 16.2 Å². The van der Waals surface area contributed by atoms with E-state index in [2.05, 4.69) is 30.1 Å². The molecule has 35 heavy (non-hydrogen) atoms. The number of carbonyl (C=O) groups excluding carboxylic acids is 1. The molecule has 0 aliphatic carbocycles. The van der Waals surface area contributed by atoms with E-state index >= 15 is 0 Å². The quantitative estimate of drug-likeness (QED) is 0.162. The number of ether oxygens (including phenoxy) is 1. The van der Waals surface area contributed by atoms with Crippen LogP contribution in [0.25, 0.3) is 11.2 Å². The van der Waals surface area contributed by atoms with Gasteiger partial charge in [-0.15, -0.1) is 0 Å². The molecule has 7 N–H and O–H groups in total. The molecule has 0 aromatic carbocycles. The molecule has 1 fully saturated rings. The average molecular weight is 514 g/mol. The number of hydrogen-bond acceptors (Lipinski definition) is 11. The van der Waals surface area contributed by atoms with Crippen LogP contribution in [0.15, 0.2) is 33.9 Å². The van der Waals surface area contributed by atoms with Crippen molar-refractivity contribution in [2.45, 2.75) is 44.1 Å². The Balaban J connectivity index is 1.51. The minimum Gasteiger partial charge on any atom is -0.467 e. The number of aromatic nitrogens is 4. The largest absolute Gasteiger partial charge is 0.469 e. The van der Waals surface area contributed by atoms with Crippen molar-refractivity contribution in [3.8, 4) is 0 Å². The highest BCUT2D eigenvalue weighted by atomic mass is 31.2. The molecule has 4 rings (SSSR count). The van der Waals surface area contributed by atoms with Gasteiger partial charge in [-0.3, -0.25) is 23.7 Å². The van der Waals surface area contributed by atoms with Gasteiger partial charge in [-0.2, -0.15) is 4.98 Å². The number of aromatic amines is 1. The maximum atomic E-state index is 12.5. The predicted octanol–water partition coefficient (Wildman–Crippen LogP) is -1.44. The van der Waals surface area contributed by atoms with Crippen LogP contribution in [0.4, 0.5) is 5.95 Å². The number of phosphoric ester groups is 1. The SMILES string of the molecule is C[C@H](Nc1nc2c(ncn2[C@@H]2O[C@H](COP(=O)(O)O)[C@@H](O)[C@H]2O)c(=O)[nH]1)C(=O)NCc1ccco1. The van der Waals surface area contributed by atoms with Crippen molar-refractivity contribution in [2.75, 3.05) is 11.9 Å². The number of amides is 1. The molecule has 16 nitrogen and oxygen atoms in total. The van der Waals surface area contributed by atoms with Crippen molar-refractivity contribution in [1.82, 2.24) is 24.8 Å². The third-order valence-corrected chi connectivity index (χ3v) is 5.70. The lowest BCUT2D eigenvalue weighted by molar-refractivity contribution is -0.121. The highest BCUT2D eigenvalue weighted by Gasteiger charge is 2.45. The summed E-state index contributed by atoms with van der Waals surface area (Å²) in [6.07, 6.45) is -3.05. The Morgan fingerprint density at radius 1 is 1.37 bits per heavy atom. The number of aliphatic hydroxyl groups is 2. The number of rotatable bonds is 9. The topological polar surface area (TPSA) is 234 Å². The van der Waals surface area contributed by atoms with Gasteiger partial charge in [-0.1, -0.05) is 0 Å². The molecule has 190 valence electrons. The van der Waals surface area contributed by atoms with Gasteiger partial charge in [-0.25, -0.2) is 9.55 Å². The summed E-state index contributed by atoms with van der Waals surface area (Å²) < 4.78 is 27.1. The van der Waals surface area contributed by atoms with Crippen molar-refractivity contribution in [3.63, 3.8) is 0 Å². The standard InChI is InChI=1S/C18H23N6O10P/c1-8(15(27)19-5-9-3-2-4-32-9)21-18-22-14-11(16(28)23-18)20-7-24(14)17-13(26)12(25)10(34-17)6-33-35(29,30)31/h2-4,7-8,10,12-13,17,25-26H,5-6H2,1H3,(H,19,27)(H2,29,30,31)(H2,21,22,23,28)/t8-,10+,12+,13+,17+/m0/s1. The second kappa shape index (κ2) is 9.87. The van der Waals surface area contributed by atoms with Crippen molar-refractivity contribution < 1.29 is 43.0 Å². The van der Waals surface area contributed by atoms with E-state index in [1.807, 2.05) is 0 Å². The fourth-order valence-electron chi connectivity index (χ4n) is 3.46. The Bertz CT molecular complexity index is 1290. The van der Waals surface area contributed by atoms with Crippen molar-refractivity contribution in [3.05, 3.63) is 40.8 Å². The number of carbonyl (C=O) groups is 1. The highest BCUT2D eigenvalue weighted by molar-refractivity contribution is 7.46. The number of fused-ring (bicyclic) bond motifs is 1.